The summed E-state index contributed by atoms with van der Waals surface area (Å²) in [5.41, 5.74) is 1.85. The molecule has 1 atom stereocenters. The number of ether oxygens (including phenoxy) is 2. The van der Waals surface area contributed by atoms with Gasteiger partial charge in [-0.05, 0) is 29.3 Å². The van der Waals surface area contributed by atoms with E-state index in [1.165, 1.54) is 0 Å². The second kappa shape index (κ2) is 12.7. The number of rotatable bonds is 9. The number of methoxy groups -OCH3 is 1. The standard InChI is InChI=1S/C29H31N7O4/c1-39-25-9-7-22(8-10-25)18-32-27(37)17-24-19-34(26-11-12-31-28(33-26)35-14-13-30-21-35)15-16-36(24)29(38)40-20-23-5-3-2-4-6-23/h2-14,21,24H,15-20H2,1H3,(H,32,37). The molecule has 2 amide bonds. The Kier molecular flexibility index (Phi) is 8.50. The summed E-state index contributed by atoms with van der Waals surface area (Å²) in [5.74, 6) is 1.79. The average Bonchev–Trinajstić information content (AvgIpc) is 3.55. The van der Waals surface area contributed by atoms with Crippen molar-refractivity contribution < 1.29 is 19.1 Å². The lowest BCUT2D eigenvalue weighted by molar-refractivity contribution is -0.122. The van der Waals surface area contributed by atoms with E-state index in [0.29, 0.717) is 37.9 Å². The summed E-state index contributed by atoms with van der Waals surface area (Å²) < 4.78 is 12.6. The number of imidazole rings is 1. The van der Waals surface area contributed by atoms with Gasteiger partial charge >= 0.3 is 6.09 Å². The highest BCUT2D eigenvalue weighted by Crippen LogP contribution is 2.21. The average molecular weight is 542 g/mol. The number of carbonyl (C=O) groups is 2. The molecule has 4 aromatic rings. The fraction of sp³-hybridized carbons (Fsp3) is 0.276. The SMILES string of the molecule is COc1ccc(CNC(=O)CC2CN(c3ccnc(-n4ccnc4)n3)CCN2C(=O)OCc2ccccc2)cc1. The topological polar surface area (TPSA) is 115 Å². The molecule has 0 radical (unpaired) electrons. The molecule has 0 bridgehead atoms. The number of nitrogens with zero attached hydrogens (tertiary/aromatic N) is 6. The third-order valence-corrected chi connectivity index (χ3v) is 6.68. The molecule has 5 rings (SSSR count). The van der Waals surface area contributed by atoms with Gasteiger partial charge in [0.1, 0.15) is 24.5 Å². The third kappa shape index (κ3) is 6.73. The van der Waals surface area contributed by atoms with Crippen molar-refractivity contribution >= 4 is 17.8 Å². The minimum atomic E-state index is -0.446. The van der Waals surface area contributed by atoms with E-state index in [2.05, 4.69) is 25.2 Å². The number of hydrogen-bond acceptors (Lipinski definition) is 8. The van der Waals surface area contributed by atoms with Crippen molar-refractivity contribution in [1.29, 1.82) is 0 Å². The van der Waals surface area contributed by atoms with Gasteiger partial charge in [-0.15, -0.1) is 0 Å². The second-order valence-corrected chi connectivity index (χ2v) is 9.35. The molecule has 11 nitrogen and oxygen atoms in total. The van der Waals surface area contributed by atoms with Gasteiger partial charge in [-0.25, -0.2) is 14.8 Å². The first-order chi connectivity index (χ1) is 19.6. The van der Waals surface area contributed by atoms with E-state index in [1.54, 1.807) is 41.5 Å². The Labute approximate surface area is 232 Å². The van der Waals surface area contributed by atoms with E-state index in [1.807, 2.05) is 60.7 Å². The van der Waals surface area contributed by atoms with Crippen LogP contribution in [0.1, 0.15) is 17.5 Å². The molecule has 0 saturated carbocycles. The molecule has 1 N–H and O–H groups in total. The predicted octanol–water partition coefficient (Wildman–Crippen LogP) is 3.20. The Bertz CT molecular complexity index is 1400. The third-order valence-electron chi connectivity index (χ3n) is 6.68. The highest BCUT2D eigenvalue weighted by atomic mass is 16.6. The van der Waals surface area contributed by atoms with Crippen molar-refractivity contribution in [3.8, 4) is 11.7 Å². The second-order valence-electron chi connectivity index (χ2n) is 9.35. The minimum absolute atomic E-state index is 0.118. The Hall–Kier alpha value is -4.93. The van der Waals surface area contributed by atoms with Crippen LogP contribution in [-0.4, -0.2) is 69.2 Å². The monoisotopic (exact) mass is 541 g/mol. The zero-order valence-corrected chi connectivity index (χ0v) is 22.2. The molecule has 3 heterocycles. The van der Waals surface area contributed by atoms with Gasteiger partial charge in [-0.3, -0.25) is 9.36 Å². The first-order valence-corrected chi connectivity index (χ1v) is 13.0. The summed E-state index contributed by atoms with van der Waals surface area (Å²) in [6.07, 6.45) is 6.43. The summed E-state index contributed by atoms with van der Waals surface area (Å²) in [6.45, 7) is 1.87. The van der Waals surface area contributed by atoms with Crippen molar-refractivity contribution in [3.05, 3.63) is 96.7 Å². The first-order valence-electron chi connectivity index (χ1n) is 13.0. The lowest BCUT2D eigenvalue weighted by atomic mass is 10.1. The first kappa shape index (κ1) is 26.7. The summed E-state index contributed by atoms with van der Waals surface area (Å²) in [4.78, 5) is 43.0. The molecule has 2 aromatic heterocycles. The molecule has 1 aliphatic rings. The number of nitrogens with one attached hydrogen (secondary N) is 1. The molecule has 1 saturated heterocycles. The number of anilines is 1. The van der Waals surface area contributed by atoms with Crippen molar-refractivity contribution in [2.24, 2.45) is 0 Å². The van der Waals surface area contributed by atoms with E-state index in [0.717, 1.165) is 16.9 Å². The van der Waals surface area contributed by atoms with Crippen LogP contribution in [0.4, 0.5) is 10.6 Å². The van der Waals surface area contributed by atoms with E-state index >= 15 is 0 Å². The van der Waals surface area contributed by atoms with Crippen LogP contribution in [0.2, 0.25) is 0 Å². The van der Waals surface area contributed by atoms with Gasteiger partial charge in [0.05, 0.1) is 13.2 Å². The molecule has 1 fully saturated rings. The van der Waals surface area contributed by atoms with Crippen molar-refractivity contribution in [2.75, 3.05) is 31.6 Å². The fourth-order valence-electron chi connectivity index (χ4n) is 4.53. The maximum absolute atomic E-state index is 13.2. The quantitative estimate of drug-likeness (QED) is 0.344. The predicted molar refractivity (Wildman–Crippen MR) is 148 cm³/mol. The Morgan fingerprint density at radius 3 is 2.58 bits per heavy atom. The number of carbonyl (C=O) groups excluding carboxylic acids is 2. The molecular weight excluding hydrogens is 510 g/mol. The van der Waals surface area contributed by atoms with E-state index in [9.17, 15) is 9.59 Å². The van der Waals surface area contributed by atoms with Crippen LogP contribution in [-0.2, 0) is 22.7 Å². The number of aromatic nitrogens is 4. The molecule has 40 heavy (non-hydrogen) atoms. The summed E-state index contributed by atoms with van der Waals surface area (Å²) in [6, 6.07) is 18.4. The van der Waals surface area contributed by atoms with Gasteiger partial charge in [0.2, 0.25) is 11.9 Å². The van der Waals surface area contributed by atoms with E-state index in [-0.39, 0.29) is 18.9 Å². The lowest BCUT2D eigenvalue weighted by Crippen LogP contribution is -2.56. The van der Waals surface area contributed by atoms with Crippen LogP contribution in [0.15, 0.2) is 85.6 Å². The van der Waals surface area contributed by atoms with E-state index in [4.69, 9.17) is 9.47 Å². The molecule has 206 valence electrons. The molecular formula is C29H31N7O4. The van der Waals surface area contributed by atoms with Crippen molar-refractivity contribution in [1.82, 2.24) is 29.7 Å². The normalized spacial score (nSPS) is 15.0. The zero-order valence-electron chi connectivity index (χ0n) is 22.2. The molecule has 1 unspecified atom stereocenters. The number of benzene rings is 2. The minimum Gasteiger partial charge on any atom is -0.497 e. The van der Waals surface area contributed by atoms with Gasteiger partial charge < -0.3 is 24.6 Å². The van der Waals surface area contributed by atoms with Gasteiger partial charge in [0.15, 0.2) is 0 Å². The van der Waals surface area contributed by atoms with Crippen molar-refractivity contribution in [3.63, 3.8) is 0 Å². The maximum Gasteiger partial charge on any atom is 0.410 e. The number of hydrogen-bond donors (Lipinski definition) is 1. The van der Waals surface area contributed by atoms with E-state index < -0.39 is 12.1 Å². The summed E-state index contributed by atoms with van der Waals surface area (Å²) >= 11 is 0. The summed E-state index contributed by atoms with van der Waals surface area (Å²) in [7, 11) is 1.61. The van der Waals surface area contributed by atoms with Gasteiger partial charge in [0.25, 0.3) is 0 Å². The van der Waals surface area contributed by atoms with Gasteiger partial charge in [0, 0.05) is 51.2 Å². The molecule has 0 spiro atoms. The molecule has 11 heteroatoms. The summed E-state index contributed by atoms with van der Waals surface area (Å²) in [5, 5.41) is 2.97. The smallest absolute Gasteiger partial charge is 0.410 e. The Balaban J connectivity index is 1.27. The molecule has 0 aliphatic carbocycles. The Morgan fingerprint density at radius 1 is 1.00 bits per heavy atom. The van der Waals surface area contributed by atoms with Crippen LogP contribution in [0.3, 0.4) is 0 Å². The highest BCUT2D eigenvalue weighted by Gasteiger charge is 2.33. The number of piperazine rings is 1. The number of amides is 2. The molecule has 1 aliphatic heterocycles. The highest BCUT2D eigenvalue weighted by molar-refractivity contribution is 5.78. The molecule has 2 aromatic carbocycles. The van der Waals surface area contributed by atoms with Crippen LogP contribution in [0, 0.1) is 0 Å². The maximum atomic E-state index is 13.2. The van der Waals surface area contributed by atoms with Gasteiger partial charge in [-0.2, -0.15) is 4.98 Å². The van der Waals surface area contributed by atoms with Crippen LogP contribution < -0.4 is 15.0 Å². The lowest BCUT2D eigenvalue weighted by Gasteiger charge is -2.41. The van der Waals surface area contributed by atoms with Crippen LogP contribution >= 0.6 is 0 Å². The van der Waals surface area contributed by atoms with Crippen molar-refractivity contribution in [2.45, 2.75) is 25.6 Å². The largest absolute Gasteiger partial charge is 0.497 e. The fourth-order valence-corrected chi connectivity index (χ4v) is 4.53. The van der Waals surface area contributed by atoms with Crippen LogP contribution in [0.5, 0.6) is 5.75 Å². The zero-order chi connectivity index (χ0) is 27.7. The van der Waals surface area contributed by atoms with Gasteiger partial charge in [-0.1, -0.05) is 42.5 Å². The van der Waals surface area contributed by atoms with Crippen LogP contribution in [0.25, 0.3) is 5.95 Å². The Morgan fingerprint density at radius 2 is 1.82 bits per heavy atom.